The molecule has 0 aliphatic carbocycles. The van der Waals surface area contributed by atoms with Crippen molar-refractivity contribution in [2.24, 2.45) is 5.73 Å². The van der Waals surface area contributed by atoms with E-state index in [4.69, 9.17) is 11.1 Å². The number of nitrogens with one attached hydrogen (secondary N) is 1. The maximum Gasteiger partial charge on any atom is 0.430 e. The number of nitrogens with two attached hydrogens (primary N) is 1. The molecule has 3 N–H and O–H groups in total. The summed E-state index contributed by atoms with van der Waals surface area (Å²) < 4.78 is 40.3. The van der Waals surface area contributed by atoms with Gasteiger partial charge in [0.2, 0.25) is 0 Å². The third-order valence-corrected chi connectivity index (χ3v) is 8.09. The molecule has 8 heteroatoms. The Balaban J connectivity index is 1.83. The predicted molar refractivity (Wildman–Crippen MR) is 146 cm³/mol. The van der Waals surface area contributed by atoms with Crippen LogP contribution >= 0.6 is 22.7 Å². The lowest BCUT2D eigenvalue weighted by atomic mass is 10.0. The first-order valence-electron chi connectivity index (χ1n) is 11.9. The van der Waals surface area contributed by atoms with E-state index in [2.05, 4.69) is 24.0 Å². The molecule has 0 radical (unpaired) electrons. The molecular weight excluding hydrogens is 499 g/mol. The van der Waals surface area contributed by atoms with E-state index in [-0.39, 0.29) is 11.4 Å². The maximum absolute atomic E-state index is 13.1. The molecule has 0 saturated heterocycles. The van der Waals surface area contributed by atoms with E-state index in [1.807, 2.05) is 36.6 Å². The number of pyridine rings is 1. The molecule has 0 bridgehead atoms. The number of halogens is 3. The van der Waals surface area contributed by atoms with Gasteiger partial charge in [0.15, 0.2) is 0 Å². The highest BCUT2D eigenvalue weighted by molar-refractivity contribution is 7.19. The second-order valence-electron chi connectivity index (χ2n) is 8.80. The van der Waals surface area contributed by atoms with Gasteiger partial charge < -0.3 is 5.73 Å². The van der Waals surface area contributed by atoms with Crippen LogP contribution in [-0.4, -0.2) is 16.9 Å². The van der Waals surface area contributed by atoms with Crippen LogP contribution in [0.15, 0.2) is 59.6 Å². The topological polar surface area (TPSA) is 62.8 Å². The molecule has 188 valence electrons. The number of allylic oxidation sites excluding steroid dienone is 2. The summed E-state index contributed by atoms with van der Waals surface area (Å²) >= 11 is 3.25. The van der Waals surface area contributed by atoms with Crippen molar-refractivity contribution in [2.75, 3.05) is 0 Å². The minimum absolute atomic E-state index is 0.158. The third-order valence-electron chi connectivity index (χ3n) is 5.98. The van der Waals surface area contributed by atoms with Crippen molar-refractivity contribution in [3.05, 3.63) is 75.8 Å². The van der Waals surface area contributed by atoms with Gasteiger partial charge in [-0.3, -0.25) is 5.41 Å². The molecule has 0 atom stereocenters. The lowest BCUT2D eigenvalue weighted by molar-refractivity contribution is -0.0925. The van der Waals surface area contributed by atoms with Crippen molar-refractivity contribution in [2.45, 2.75) is 52.1 Å². The molecule has 0 spiro atoms. The number of aryl methyl sites for hydroxylation is 2. The number of fused-ring (bicyclic) bond motifs is 1. The summed E-state index contributed by atoms with van der Waals surface area (Å²) in [4.78, 5) is 6.87. The summed E-state index contributed by atoms with van der Waals surface area (Å²) in [6, 6.07) is 13.9. The second-order valence-corrected chi connectivity index (χ2v) is 11.0. The highest BCUT2D eigenvalue weighted by Crippen LogP contribution is 2.38. The van der Waals surface area contributed by atoms with Crippen molar-refractivity contribution in [1.29, 1.82) is 5.41 Å². The van der Waals surface area contributed by atoms with E-state index < -0.39 is 11.9 Å². The van der Waals surface area contributed by atoms with Crippen molar-refractivity contribution in [3.63, 3.8) is 0 Å². The van der Waals surface area contributed by atoms with Gasteiger partial charge in [-0.25, -0.2) is 4.98 Å². The van der Waals surface area contributed by atoms with Gasteiger partial charge >= 0.3 is 6.18 Å². The Bertz CT molecular complexity index is 1410. The van der Waals surface area contributed by atoms with E-state index in [0.717, 1.165) is 56.7 Å². The van der Waals surface area contributed by atoms with Crippen molar-refractivity contribution < 1.29 is 13.2 Å². The second kappa shape index (κ2) is 11.0. The summed E-state index contributed by atoms with van der Waals surface area (Å²) in [5, 5.41) is 11.5. The normalized spacial score (nSPS) is 12.4. The van der Waals surface area contributed by atoms with Gasteiger partial charge in [0.25, 0.3) is 0 Å². The number of rotatable bonds is 9. The summed E-state index contributed by atoms with van der Waals surface area (Å²) in [6.45, 7) is 4.22. The Morgan fingerprint density at radius 2 is 1.92 bits per heavy atom. The summed E-state index contributed by atoms with van der Waals surface area (Å²) in [6.07, 6.45) is 1.47. The van der Waals surface area contributed by atoms with E-state index in [1.165, 1.54) is 12.0 Å². The Morgan fingerprint density at radius 3 is 2.67 bits per heavy atom. The molecule has 36 heavy (non-hydrogen) atoms. The fourth-order valence-corrected chi connectivity index (χ4v) is 6.15. The molecule has 0 fully saturated rings. The van der Waals surface area contributed by atoms with Gasteiger partial charge in [0.05, 0.1) is 17.1 Å². The molecule has 0 aliphatic heterocycles. The van der Waals surface area contributed by atoms with Crippen molar-refractivity contribution in [1.82, 2.24) is 4.98 Å². The van der Waals surface area contributed by atoms with Gasteiger partial charge in [0.1, 0.15) is 5.70 Å². The molecule has 4 rings (SSSR count). The van der Waals surface area contributed by atoms with E-state index in [1.54, 1.807) is 28.7 Å². The molecule has 1 aromatic carbocycles. The fraction of sp³-hybridized carbons (Fsp3) is 0.286. The molecule has 0 aliphatic rings. The average Bonchev–Trinajstić information content (AvgIpc) is 3.46. The predicted octanol–water partition coefficient (Wildman–Crippen LogP) is 8.90. The molecular formula is C28H28F3N3S2. The lowest BCUT2D eigenvalue weighted by Gasteiger charge is -2.12. The average molecular weight is 528 g/mol. The minimum Gasteiger partial charge on any atom is -0.395 e. The monoisotopic (exact) mass is 527 g/mol. The van der Waals surface area contributed by atoms with Crippen LogP contribution in [0.4, 0.5) is 13.2 Å². The zero-order chi connectivity index (χ0) is 25.9. The van der Waals surface area contributed by atoms with Gasteiger partial charge in [0, 0.05) is 20.0 Å². The number of benzene rings is 1. The van der Waals surface area contributed by atoms with Crippen LogP contribution in [0.1, 0.15) is 48.7 Å². The first kappa shape index (κ1) is 26.1. The highest BCUT2D eigenvalue weighted by Gasteiger charge is 2.31. The van der Waals surface area contributed by atoms with Crippen LogP contribution in [0.3, 0.4) is 0 Å². The highest BCUT2D eigenvalue weighted by atomic mass is 32.1. The SMILES string of the molecule is CCCCCCc1ccsc1-c1cc(C(=N)C=C(N)C(F)(F)F)nc(-c2cccc3cc(C)sc23)c1. The Labute approximate surface area is 217 Å². The summed E-state index contributed by atoms with van der Waals surface area (Å²) in [5.41, 5.74) is 7.28. The lowest BCUT2D eigenvalue weighted by Crippen LogP contribution is -2.21. The number of thiophene rings is 2. The third kappa shape index (κ3) is 5.87. The Morgan fingerprint density at radius 1 is 1.11 bits per heavy atom. The summed E-state index contributed by atoms with van der Waals surface area (Å²) in [5.74, 6) is 0. The van der Waals surface area contributed by atoms with Gasteiger partial charge in [-0.05, 0) is 72.0 Å². The molecule has 0 unspecified atom stereocenters. The smallest absolute Gasteiger partial charge is 0.395 e. The van der Waals surface area contributed by atoms with E-state index in [0.29, 0.717) is 11.8 Å². The molecule has 3 aromatic heterocycles. The van der Waals surface area contributed by atoms with Crippen molar-refractivity contribution >= 4 is 38.5 Å². The maximum atomic E-state index is 13.1. The molecule has 0 amide bonds. The zero-order valence-electron chi connectivity index (χ0n) is 20.2. The van der Waals surface area contributed by atoms with E-state index >= 15 is 0 Å². The molecule has 4 aromatic rings. The standard InChI is InChI=1S/C28H28F3N3S2/c1-3-4-5-6-8-18-11-12-35-26(18)20-14-23(21-10-7-9-19-13-17(2)36-27(19)21)34-24(15-20)22(32)16-25(33)28(29,30)31/h7,9-16,32H,3-6,8,33H2,1-2H3. The number of hydrogen-bond acceptors (Lipinski definition) is 5. The first-order valence-corrected chi connectivity index (χ1v) is 13.6. The van der Waals surface area contributed by atoms with Gasteiger partial charge in [-0.15, -0.1) is 22.7 Å². The zero-order valence-corrected chi connectivity index (χ0v) is 21.8. The van der Waals surface area contributed by atoms with Crippen LogP contribution in [0.5, 0.6) is 0 Å². The number of unbranched alkanes of at least 4 members (excludes halogenated alkanes) is 3. The molecule has 3 nitrogen and oxygen atoms in total. The first-order chi connectivity index (χ1) is 17.2. The van der Waals surface area contributed by atoms with Crippen LogP contribution in [0.2, 0.25) is 0 Å². The summed E-state index contributed by atoms with van der Waals surface area (Å²) in [7, 11) is 0. The van der Waals surface area contributed by atoms with Gasteiger partial charge in [-0.1, -0.05) is 44.4 Å². The van der Waals surface area contributed by atoms with Crippen LogP contribution < -0.4 is 5.73 Å². The minimum atomic E-state index is -4.70. The van der Waals surface area contributed by atoms with Crippen LogP contribution in [0.25, 0.3) is 31.8 Å². The van der Waals surface area contributed by atoms with E-state index in [9.17, 15) is 13.2 Å². The number of nitrogens with zero attached hydrogens (tertiary/aromatic N) is 1. The molecule has 3 heterocycles. The number of hydrogen-bond donors (Lipinski definition) is 2. The van der Waals surface area contributed by atoms with Crippen LogP contribution in [0, 0.1) is 12.3 Å². The quantitative estimate of drug-likeness (QED) is 0.169. The Kier molecular flexibility index (Phi) is 7.95. The van der Waals surface area contributed by atoms with Crippen molar-refractivity contribution in [3.8, 4) is 21.7 Å². The van der Waals surface area contributed by atoms with Crippen LogP contribution in [-0.2, 0) is 6.42 Å². The molecule has 0 saturated carbocycles. The van der Waals surface area contributed by atoms with Gasteiger partial charge in [-0.2, -0.15) is 13.2 Å². The largest absolute Gasteiger partial charge is 0.430 e. The number of aromatic nitrogens is 1. The fourth-order valence-electron chi connectivity index (χ4n) is 4.17. The Hall–Kier alpha value is -2.97. The number of alkyl halides is 3.